The topological polar surface area (TPSA) is 12.0 Å². The molecule has 2 atom stereocenters. The Labute approximate surface area is 112 Å². The van der Waals surface area contributed by atoms with Gasteiger partial charge in [0, 0.05) is 10.8 Å². The first-order valence-corrected chi connectivity index (χ1v) is 8.51. The summed E-state index contributed by atoms with van der Waals surface area (Å²) in [7, 11) is 0. The molecule has 1 saturated heterocycles. The van der Waals surface area contributed by atoms with Crippen LogP contribution >= 0.6 is 11.8 Å². The third-order valence-electron chi connectivity index (χ3n) is 4.86. The van der Waals surface area contributed by atoms with Crippen molar-refractivity contribution < 1.29 is 0 Å². The van der Waals surface area contributed by atoms with Crippen LogP contribution in [0.1, 0.15) is 59.3 Å². The van der Waals surface area contributed by atoms with Crippen molar-refractivity contribution in [1.29, 1.82) is 0 Å². The molecular weight excluding hydrogens is 226 g/mol. The second kappa shape index (κ2) is 5.97. The lowest BCUT2D eigenvalue weighted by atomic mass is 9.74. The first-order chi connectivity index (χ1) is 8.15. The summed E-state index contributed by atoms with van der Waals surface area (Å²) >= 11 is 2.22. The molecule has 2 aliphatic rings. The van der Waals surface area contributed by atoms with Gasteiger partial charge in [-0.2, -0.15) is 11.8 Å². The quantitative estimate of drug-likeness (QED) is 0.812. The highest BCUT2D eigenvalue weighted by atomic mass is 32.2. The van der Waals surface area contributed by atoms with Crippen molar-refractivity contribution in [3.8, 4) is 0 Å². The van der Waals surface area contributed by atoms with Gasteiger partial charge in [0.05, 0.1) is 0 Å². The van der Waals surface area contributed by atoms with Gasteiger partial charge in [0.25, 0.3) is 0 Å². The number of thioether (sulfide) groups is 1. The van der Waals surface area contributed by atoms with Crippen LogP contribution in [0.3, 0.4) is 0 Å². The van der Waals surface area contributed by atoms with Crippen LogP contribution in [-0.2, 0) is 0 Å². The van der Waals surface area contributed by atoms with Crippen molar-refractivity contribution in [2.75, 3.05) is 12.3 Å². The zero-order chi connectivity index (χ0) is 12.3. The Morgan fingerprint density at radius 3 is 2.53 bits per heavy atom. The van der Waals surface area contributed by atoms with Gasteiger partial charge in [-0.15, -0.1) is 0 Å². The van der Waals surface area contributed by atoms with Gasteiger partial charge in [-0.05, 0) is 56.7 Å². The SMILES string of the molecule is CCNC(C1CCC(C)CC1)C1(C)CCCS1. The van der Waals surface area contributed by atoms with Gasteiger partial charge in [-0.1, -0.05) is 26.7 Å². The van der Waals surface area contributed by atoms with Gasteiger partial charge in [0.2, 0.25) is 0 Å². The average Bonchev–Trinajstić information content (AvgIpc) is 2.75. The highest BCUT2D eigenvalue weighted by Gasteiger charge is 2.41. The largest absolute Gasteiger partial charge is 0.313 e. The minimum Gasteiger partial charge on any atom is -0.313 e. The Kier molecular flexibility index (Phi) is 4.82. The van der Waals surface area contributed by atoms with E-state index in [1.165, 1.54) is 44.3 Å². The van der Waals surface area contributed by atoms with E-state index in [1.54, 1.807) is 0 Å². The van der Waals surface area contributed by atoms with Crippen molar-refractivity contribution >= 4 is 11.8 Å². The fraction of sp³-hybridized carbons (Fsp3) is 1.00. The van der Waals surface area contributed by atoms with E-state index in [2.05, 4.69) is 37.8 Å². The molecule has 1 aliphatic heterocycles. The summed E-state index contributed by atoms with van der Waals surface area (Å²) in [5, 5.41) is 3.83. The average molecular weight is 255 g/mol. The summed E-state index contributed by atoms with van der Waals surface area (Å²) in [6.07, 6.45) is 8.65. The number of nitrogens with one attached hydrogen (secondary N) is 1. The van der Waals surface area contributed by atoms with E-state index in [4.69, 9.17) is 0 Å². The molecule has 1 saturated carbocycles. The standard InChI is InChI=1S/C15H29NS/c1-4-16-14(15(3)10-5-11-17-15)13-8-6-12(2)7-9-13/h12-14,16H,4-11H2,1-3H3. The maximum Gasteiger partial charge on any atom is 0.0287 e. The number of rotatable bonds is 4. The first kappa shape index (κ1) is 13.7. The Morgan fingerprint density at radius 2 is 2.00 bits per heavy atom. The van der Waals surface area contributed by atoms with Crippen LogP contribution in [0, 0.1) is 11.8 Å². The van der Waals surface area contributed by atoms with E-state index < -0.39 is 0 Å². The fourth-order valence-corrected chi connectivity index (χ4v) is 5.27. The normalized spacial score (nSPS) is 40.4. The summed E-state index contributed by atoms with van der Waals surface area (Å²) in [4.78, 5) is 0. The van der Waals surface area contributed by atoms with E-state index in [1.807, 2.05) is 0 Å². The molecule has 0 bridgehead atoms. The lowest BCUT2D eigenvalue weighted by molar-refractivity contribution is 0.202. The molecular formula is C15H29NS. The highest BCUT2D eigenvalue weighted by molar-refractivity contribution is 8.00. The van der Waals surface area contributed by atoms with Gasteiger partial charge in [0.1, 0.15) is 0 Å². The molecule has 17 heavy (non-hydrogen) atoms. The van der Waals surface area contributed by atoms with E-state index in [-0.39, 0.29) is 0 Å². The van der Waals surface area contributed by atoms with Gasteiger partial charge >= 0.3 is 0 Å². The Balaban J connectivity index is 2.01. The lowest BCUT2D eigenvalue weighted by Crippen LogP contribution is -2.50. The maximum atomic E-state index is 3.83. The van der Waals surface area contributed by atoms with Crippen LogP contribution in [0.4, 0.5) is 0 Å². The fourth-order valence-electron chi connectivity index (χ4n) is 3.77. The molecule has 0 aromatic rings. The van der Waals surface area contributed by atoms with Crippen LogP contribution in [-0.4, -0.2) is 23.1 Å². The maximum absolute atomic E-state index is 3.83. The second-order valence-electron chi connectivity index (χ2n) is 6.32. The predicted octanol–water partition coefficient (Wildman–Crippen LogP) is 4.08. The van der Waals surface area contributed by atoms with Crippen LogP contribution in [0.5, 0.6) is 0 Å². The van der Waals surface area contributed by atoms with E-state index in [0.717, 1.165) is 24.4 Å². The van der Waals surface area contributed by atoms with E-state index >= 15 is 0 Å². The molecule has 1 heterocycles. The molecule has 2 rings (SSSR count). The van der Waals surface area contributed by atoms with Gasteiger partial charge in [0.15, 0.2) is 0 Å². The number of hydrogen-bond acceptors (Lipinski definition) is 2. The predicted molar refractivity (Wildman–Crippen MR) is 78.7 cm³/mol. The summed E-state index contributed by atoms with van der Waals surface area (Å²) in [6, 6.07) is 0.757. The summed E-state index contributed by atoms with van der Waals surface area (Å²) in [5.41, 5.74) is 0. The van der Waals surface area contributed by atoms with Crippen molar-refractivity contribution in [2.24, 2.45) is 11.8 Å². The van der Waals surface area contributed by atoms with Crippen LogP contribution in [0.2, 0.25) is 0 Å². The van der Waals surface area contributed by atoms with Gasteiger partial charge in [-0.3, -0.25) is 0 Å². The van der Waals surface area contributed by atoms with Crippen molar-refractivity contribution in [1.82, 2.24) is 5.32 Å². The minimum absolute atomic E-state index is 0.515. The Hall–Kier alpha value is 0.310. The molecule has 0 aromatic carbocycles. The molecule has 0 amide bonds. The van der Waals surface area contributed by atoms with Crippen molar-refractivity contribution in [3.63, 3.8) is 0 Å². The number of hydrogen-bond donors (Lipinski definition) is 1. The lowest BCUT2D eigenvalue weighted by Gasteiger charge is -2.42. The molecule has 2 heteroatoms. The summed E-state index contributed by atoms with van der Waals surface area (Å²) in [5.74, 6) is 3.28. The van der Waals surface area contributed by atoms with Crippen molar-refractivity contribution in [2.45, 2.75) is 70.1 Å². The highest BCUT2D eigenvalue weighted by Crippen LogP contribution is 2.45. The van der Waals surface area contributed by atoms with Gasteiger partial charge in [-0.25, -0.2) is 0 Å². The van der Waals surface area contributed by atoms with E-state index in [9.17, 15) is 0 Å². The molecule has 1 N–H and O–H groups in total. The van der Waals surface area contributed by atoms with Crippen LogP contribution in [0.25, 0.3) is 0 Å². The van der Waals surface area contributed by atoms with Crippen molar-refractivity contribution in [3.05, 3.63) is 0 Å². The molecule has 2 unspecified atom stereocenters. The van der Waals surface area contributed by atoms with Crippen LogP contribution in [0.15, 0.2) is 0 Å². The molecule has 2 fully saturated rings. The molecule has 0 radical (unpaired) electrons. The first-order valence-electron chi connectivity index (χ1n) is 7.53. The van der Waals surface area contributed by atoms with E-state index in [0.29, 0.717) is 4.75 Å². The van der Waals surface area contributed by atoms with Gasteiger partial charge < -0.3 is 5.32 Å². The molecule has 0 aromatic heterocycles. The second-order valence-corrected chi connectivity index (χ2v) is 7.95. The monoisotopic (exact) mass is 255 g/mol. The molecule has 100 valence electrons. The zero-order valence-corrected chi connectivity index (χ0v) is 12.6. The third kappa shape index (κ3) is 3.20. The Morgan fingerprint density at radius 1 is 1.29 bits per heavy atom. The minimum atomic E-state index is 0.515. The molecule has 1 aliphatic carbocycles. The van der Waals surface area contributed by atoms with Crippen LogP contribution < -0.4 is 5.32 Å². The smallest absolute Gasteiger partial charge is 0.0287 e. The summed E-state index contributed by atoms with van der Waals surface area (Å²) < 4.78 is 0.515. The molecule has 1 nitrogen and oxygen atoms in total. The Bertz CT molecular complexity index is 227. The zero-order valence-electron chi connectivity index (χ0n) is 11.8. The third-order valence-corrected chi connectivity index (χ3v) is 6.47. The molecule has 0 spiro atoms. The summed E-state index contributed by atoms with van der Waals surface area (Å²) in [6.45, 7) is 8.33.